The molecule has 3 atom stereocenters. The third-order valence-electron chi connectivity index (χ3n) is 3.72. The highest BCUT2D eigenvalue weighted by Gasteiger charge is 2.36. The summed E-state index contributed by atoms with van der Waals surface area (Å²) in [5, 5.41) is 2.84. The Bertz CT molecular complexity index is 497. The lowest BCUT2D eigenvalue weighted by Crippen LogP contribution is -2.49. The molecule has 136 valence electrons. The first-order chi connectivity index (χ1) is 11.2. The van der Waals surface area contributed by atoms with Crippen molar-refractivity contribution < 1.29 is 19.1 Å². The van der Waals surface area contributed by atoms with Crippen LogP contribution in [0.4, 0.5) is 4.79 Å². The Kier molecular flexibility index (Phi) is 7.38. The van der Waals surface area contributed by atoms with E-state index in [0.29, 0.717) is 31.7 Å². The largest absolute Gasteiger partial charge is 0.466 e. The molecule has 0 radical (unpaired) electrons. The number of alkyl carbamates (subject to hydrolysis) is 1. The van der Waals surface area contributed by atoms with Crippen molar-refractivity contribution in [2.75, 3.05) is 6.61 Å². The van der Waals surface area contributed by atoms with Crippen molar-refractivity contribution >= 4 is 24.6 Å². The van der Waals surface area contributed by atoms with E-state index in [9.17, 15) is 9.59 Å². The van der Waals surface area contributed by atoms with Crippen LogP contribution >= 0.6 is 0 Å². The minimum absolute atomic E-state index is 0.159. The smallest absolute Gasteiger partial charge is 0.407 e. The van der Waals surface area contributed by atoms with Gasteiger partial charge in [0.15, 0.2) is 0 Å². The van der Waals surface area contributed by atoms with Gasteiger partial charge in [0.25, 0.3) is 0 Å². The Morgan fingerprint density at radius 1 is 1.29 bits per heavy atom. The highest BCUT2D eigenvalue weighted by molar-refractivity contribution is 5.84. The number of nitrogens with zero attached hydrogens (tertiary/aromatic N) is 2. The van der Waals surface area contributed by atoms with Gasteiger partial charge in [0.05, 0.1) is 24.6 Å². The van der Waals surface area contributed by atoms with Gasteiger partial charge >= 0.3 is 12.1 Å². The van der Waals surface area contributed by atoms with Crippen LogP contribution in [0.3, 0.4) is 0 Å². The maximum Gasteiger partial charge on any atom is 0.407 e. The third-order valence-corrected chi connectivity index (χ3v) is 3.72. The minimum atomic E-state index is -0.587. The molecule has 0 aromatic carbocycles. The second-order valence-corrected chi connectivity index (χ2v) is 6.92. The van der Waals surface area contributed by atoms with Crippen LogP contribution in [0.5, 0.6) is 0 Å². The van der Waals surface area contributed by atoms with Gasteiger partial charge in [0.2, 0.25) is 0 Å². The predicted molar refractivity (Wildman–Crippen MR) is 93.6 cm³/mol. The summed E-state index contributed by atoms with van der Waals surface area (Å²) in [6.07, 6.45) is 1.29. The van der Waals surface area contributed by atoms with Crippen LogP contribution in [-0.4, -0.2) is 48.9 Å². The fraction of sp³-hybridized carbons (Fsp3) is 0.765. The van der Waals surface area contributed by atoms with Crippen molar-refractivity contribution in [1.82, 2.24) is 5.32 Å². The number of hydrogen-bond acceptors (Lipinski definition) is 5. The van der Waals surface area contributed by atoms with Crippen LogP contribution in [-0.2, 0) is 14.3 Å². The number of nitrogens with one attached hydrogen (secondary N) is 1. The molecule has 3 unspecified atom stereocenters. The average Bonchev–Trinajstić information content (AvgIpc) is 2.47. The molecule has 1 aliphatic rings. The van der Waals surface area contributed by atoms with Gasteiger partial charge in [-0.1, -0.05) is 0 Å². The molecule has 1 saturated carbocycles. The Morgan fingerprint density at radius 3 is 2.50 bits per heavy atom. The number of hydrogen-bond donors (Lipinski definition) is 1. The first-order valence-corrected chi connectivity index (χ1v) is 8.33. The van der Waals surface area contributed by atoms with Crippen molar-refractivity contribution in [1.29, 1.82) is 0 Å². The van der Waals surface area contributed by atoms with E-state index in [1.54, 1.807) is 34.6 Å². The van der Waals surface area contributed by atoms with Gasteiger partial charge in [-0.2, -0.15) is 0 Å². The molecule has 0 saturated heterocycles. The van der Waals surface area contributed by atoms with Crippen molar-refractivity contribution in [2.24, 2.45) is 15.9 Å². The molecule has 1 amide bonds. The Morgan fingerprint density at radius 2 is 1.96 bits per heavy atom. The standard InChI is InChI=1S/C17H29N3O4/c1-7-23-15(21)12-8-9-13(19-11(2)18-6)14(10-12)20-16(22)24-17(3,4)5/h12-14H,6-10H2,1-5H3,(H,20,22). The Hall–Kier alpha value is -1.92. The van der Waals surface area contributed by atoms with Crippen LogP contribution in [0.2, 0.25) is 0 Å². The van der Waals surface area contributed by atoms with Crippen LogP contribution in [0.15, 0.2) is 9.98 Å². The highest BCUT2D eigenvalue weighted by Crippen LogP contribution is 2.28. The van der Waals surface area contributed by atoms with Gasteiger partial charge in [0.1, 0.15) is 11.4 Å². The zero-order chi connectivity index (χ0) is 18.3. The van der Waals surface area contributed by atoms with Gasteiger partial charge in [-0.3, -0.25) is 9.79 Å². The molecule has 0 spiro atoms. The third kappa shape index (κ3) is 6.68. The molecule has 0 aliphatic heterocycles. The zero-order valence-corrected chi connectivity index (χ0v) is 15.3. The maximum absolute atomic E-state index is 12.1. The van der Waals surface area contributed by atoms with Gasteiger partial charge < -0.3 is 14.8 Å². The monoisotopic (exact) mass is 339 g/mol. The van der Waals surface area contributed by atoms with Crippen LogP contribution in [0.25, 0.3) is 0 Å². The summed E-state index contributed by atoms with van der Waals surface area (Å²) in [6.45, 7) is 12.8. The molecule has 0 aromatic heterocycles. The number of carbonyl (C=O) groups is 2. The summed E-state index contributed by atoms with van der Waals surface area (Å²) >= 11 is 0. The second-order valence-electron chi connectivity index (χ2n) is 6.92. The lowest BCUT2D eigenvalue weighted by molar-refractivity contribution is -0.149. The lowest BCUT2D eigenvalue weighted by Gasteiger charge is -2.34. The molecule has 1 aliphatic carbocycles. The second kappa shape index (κ2) is 8.80. The molecule has 1 N–H and O–H groups in total. The molecule has 24 heavy (non-hydrogen) atoms. The van der Waals surface area contributed by atoms with Crippen molar-refractivity contribution in [2.45, 2.75) is 71.6 Å². The van der Waals surface area contributed by atoms with Crippen LogP contribution < -0.4 is 5.32 Å². The van der Waals surface area contributed by atoms with Crippen LogP contribution in [0, 0.1) is 5.92 Å². The van der Waals surface area contributed by atoms with E-state index in [0.717, 1.165) is 0 Å². The number of amides is 1. The number of rotatable bonds is 4. The molecular weight excluding hydrogens is 310 g/mol. The number of amidine groups is 1. The molecule has 1 fully saturated rings. The van der Waals surface area contributed by atoms with E-state index in [2.05, 4.69) is 22.0 Å². The molecule has 0 aromatic rings. The molecule has 7 nitrogen and oxygen atoms in total. The van der Waals surface area contributed by atoms with E-state index in [-0.39, 0.29) is 24.0 Å². The number of ether oxygens (including phenoxy) is 2. The Labute approximate surface area is 143 Å². The van der Waals surface area contributed by atoms with Crippen LogP contribution in [0.1, 0.15) is 53.9 Å². The summed E-state index contributed by atoms with van der Waals surface area (Å²) in [5.41, 5.74) is -0.587. The van der Waals surface area contributed by atoms with Gasteiger partial charge in [-0.05, 0) is 60.6 Å². The number of esters is 1. The summed E-state index contributed by atoms with van der Waals surface area (Å²) in [7, 11) is 0. The molecule has 7 heteroatoms. The normalized spacial score (nSPS) is 24.9. The fourth-order valence-electron chi connectivity index (χ4n) is 2.68. The fourth-order valence-corrected chi connectivity index (χ4v) is 2.68. The van der Waals surface area contributed by atoms with Gasteiger partial charge in [0, 0.05) is 0 Å². The predicted octanol–water partition coefficient (Wildman–Crippen LogP) is 2.73. The van der Waals surface area contributed by atoms with E-state index >= 15 is 0 Å². The lowest BCUT2D eigenvalue weighted by atomic mass is 9.82. The van der Waals surface area contributed by atoms with Crippen molar-refractivity contribution in [3.63, 3.8) is 0 Å². The van der Waals surface area contributed by atoms with Crippen molar-refractivity contribution in [3.05, 3.63) is 0 Å². The highest BCUT2D eigenvalue weighted by atomic mass is 16.6. The number of carbonyl (C=O) groups excluding carboxylic acids is 2. The van der Waals surface area contributed by atoms with E-state index in [1.807, 2.05) is 0 Å². The first-order valence-electron chi connectivity index (χ1n) is 8.33. The summed E-state index contributed by atoms with van der Waals surface area (Å²) in [4.78, 5) is 32.4. The van der Waals surface area contributed by atoms with E-state index < -0.39 is 11.7 Å². The maximum atomic E-state index is 12.1. The summed E-state index contributed by atoms with van der Waals surface area (Å²) < 4.78 is 10.4. The van der Waals surface area contributed by atoms with Gasteiger partial charge in [-0.15, -0.1) is 0 Å². The van der Waals surface area contributed by atoms with E-state index in [1.165, 1.54) is 0 Å². The van der Waals surface area contributed by atoms with E-state index in [4.69, 9.17) is 9.47 Å². The molecule has 0 heterocycles. The Balaban J connectivity index is 2.84. The summed E-state index contributed by atoms with van der Waals surface area (Å²) in [6, 6.07) is -0.464. The topological polar surface area (TPSA) is 89.4 Å². The molecular formula is C17H29N3O4. The first kappa shape index (κ1) is 20.1. The molecule has 1 rings (SSSR count). The van der Waals surface area contributed by atoms with Gasteiger partial charge in [-0.25, -0.2) is 9.79 Å². The minimum Gasteiger partial charge on any atom is -0.466 e. The summed E-state index contributed by atoms with van der Waals surface area (Å²) in [5.74, 6) is 0.0911. The number of aliphatic imine (C=N–C) groups is 2. The quantitative estimate of drug-likeness (QED) is 0.484. The SMILES string of the molecule is C=NC(C)=NC1CCC(C(=O)OCC)CC1NC(=O)OC(C)(C)C. The zero-order valence-electron chi connectivity index (χ0n) is 15.3. The molecule has 0 bridgehead atoms. The average molecular weight is 339 g/mol. The van der Waals surface area contributed by atoms with Crippen molar-refractivity contribution in [3.8, 4) is 0 Å².